The molecular weight excluding hydrogens is 444 g/mol. The Morgan fingerprint density at radius 3 is 2.73 bits per heavy atom. The van der Waals surface area contributed by atoms with E-state index in [2.05, 4.69) is 25.6 Å². The molecule has 1 aliphatic rings. The van der Waals surface area contributed by atoms with Crippen LogP contribution in [0.2, 0.25) is 0 Å². The number of anilines is 3. The summed E-state index contributed by atoms with van der Waals surface area (Å²) < 4.78 is 0. The molecule has 162 valence electrons. The monoisotopic (exact) mass is 458 g/mol. The predicted octanol–water partition coefficient (Wildman–Crippen LogP) is 2.51. The van der Waals surface area contributed by atoms with Gasteiger partial charge < -0.3 is 16.8 Å². The van der Waals surface area contributed by atoms with Gasteiger partial charge in [0.2, 0.25) is 5.96 Å². The molecule has 13 heteroatoms. The zero-order valence-corrected chi connectivity index (χ0v) is 17.5. The van der Waals surface area contributed by atoms with Crippen LogP contribution in [-0.2, 0) is 0 Å². The second kappa shape index (κ2) is 8.70. The summed E-state index contributed by atoms with van der Waals surface area (Å²) in [5.74, 6) is 0.133. The first-order chi connectivity index (χ1) is 15.9. The number of fused-ring (bicyclic) bond motifs is 1. The van der Waals surface area contributed by atoms with Crippen molar-refractivity contribution >= 4 is 40.7 Å². The Hall–Kier alpha value is -4.88. The van der Waals surface area contributed by atoms with Gasteiger partial charge in [-0.25, -0.2) is 15.0 Å². The van der Waals surface area contributed by atoms with Gasteiger partial charge in [0.15, 0.2) is 6.19 Å². The molecule has 4 rings (SSSR count). The first-order valence-corrected chi connectivity index (χ1v) is 10.1. The van der Waals surface area contributed by atoms with Crippen molar-refractivity contribution in [1.82, 2.24) is 15.3 Å². The Labute approximate surface area is 191 Å². The number of rotatable bonds is 4. The van der Waals surface area contributed by atoms with Crippen LogP contribution in [0.1, 0.15) is 22.7 Å². The molecular formula is C20H14N10O2S. The van der Waals surface area contributed by atoms with Crippen molar-refractivity contribution < 1.29 is 4.92 Å². The van der Waals surface area contributed by atoms with Gasteiger partial charge in [-0.05, 0) is 18.2 Å². The minimum Gasteiger partial charge on any atom is -0.397 e. The van der Waals surface area contributed by atoms with Crippen LogP contribution >= 0.6 is 11.8 Å². The number of aromatic nitrogens is 2. The summed E-state index contributed by atoms with van der Waals surface area (Å²) in [6.45, 7) is 0. The smallest absolute Gasteiger partial charge is 0.269 e. The molecule has 1 aliphatic heterocycles. The van der Waals surface area contributed by atoms with Crippen LogP contribution in [0, 0.1) is 32.9 Å². The number of guanidine groups is 1. The third-order valence-electron chi connectivity index (χ3n) is 4.71. The van der Waals surface area contributed by atoms with Gasteiger partial charge in [0.1, 0.15) is 34.3 Å². The Kier molecular flexibility index (Phi) is 5.63. The summed E-state index contributed by atoms with van der Waals surface area (Å²) >= 11 is 1.28. The summed E-state index contributed by atoms with van der Waals surface area (Å²) in [7, 11) is 0. The number of nitrogens with zero attached hydrogens (tertiary/aromatic N) is 6. The number of hydrogen-bond acceptors (Lipinski definition) is 12. The predicted molar refractivity (Wildman–Crippen MR) is 121 cm³/mol. The van der Waals surface area contributed by atoms with Crippen LogP contribution in [0.3, 0.4) is 0 Å². The number of nitrogen functional groups attached to an aromatic ring is 2. The number of non-ortho nitro benzene ring substituents is 1. The van der Waals surface area contributed by atoms with Gasteiger partial charge in [0.05, 0.1) is 10.6 Å². The van der Waals surface area contributed by atoms with E-state index in [1.807, 2.05) is 12.1 Å². The molecule has 1 atom stereocenters. The molecule has 1 aromatic carbocycles. The van der Waals surface area contributed by atoms with Gasteiger partial charge in [-0.3, -0.25) is 15.4 Å². The molecule has 0 bridgehead atoms. The van der Waals surface area contributed by atoms with Crippen LogP contribution in [0.25, 0.3) is 0 Å². The van der Waals surface area contributed by atoms with E-state index in [0.29, 0.717) is 21.0 Å². The topological polar surface area (TPSA) is 205 Å². The average molecular weight is 458 g/mol. The highest BCUT2D eigenvalue weighted by Gasteiger charge is 2.32. The largest absolute Gasteiger partial charge is 0.397 e. The summed E-state index contributed by atoms with van der Waals surface area (Å²) in [5, 5.41) is 36.0. The summed E-state index contributed by atoms with van der Waals surface area (Å²) in [4.78, 5) is 24.6. The van der Waals surface area contributed by atoms with Gasteiger partial charge in [-0.15, -0.1) is 0 Å². The minimum atomic E-state index is -0.927. The number of nitriles is 2. The molecule has 3 aromatic rings. The number of nitrogens with two attached hydrogens (primary N) is 2. The molecule has 0 saturated carbocycles. The molecule has 0 amide bonds. The van der Waals surface area contributed by atoms with Crippen molar-refractivity contribution in [3.05, 3.63) is 69.4 Å². The van der Waals surface area contributed by atoms with Crippen LogP contribution in [0.4, 0.5) is 23.0 Å². The van der Waals surface area contributed by atoms with Crippen molar-refractivity contribution in [2.75, 3.05) is 16.8 Å². The highest BCUT2D eigenvalue weighted by Crippen LogP contribution is 2.45. The fourth-order valence-corrected chi connectivity index (χ4v) is 4.19. The third kappa shape index (κ3) is 4.04. The standard InChI is InChI=1S/C20H14N10O2S/c21-8-12-16(23)15-17(27-20(26-9-22)29-19(15)28-18(12)24)11-7-10(30(31)32)4-5-13(11)33-14-3-1-2-6-25-14/h1-7,17H,(H6,23,24,26,27,28,29). The van der Waals surface area contributed by atoms with Crippen LogP contribution in [-0.4, -0.2) is 20.9 Å². The quantitative estimate of drug-likeness (QED) is 0.193. The van der Waals surface area contributed by atoms with E-state index in [1.165, 1.54) is 23.9 Å². The number of aliphatic imine (C=N–C) groups is 1. The molecule has 0 aliphatic carbocycles. The van der Waals surface area contributed by atoms with E-state index in [4.69, 9.17) is 16.7 Å². The molecule has 1 unspecified atom stereocenters. The van der Waals surface area contributed by atoms with E-state index in [0.717, 1.165) is 0 Å². The van der Waals surface area contributed by atoms with Crippen molar-refractivity contribution in [1.29, 1.82) is 10.5 Å². The molecule has 12 nitrogen and oxygen atoms in total. The lowest BCUT2D eigenvalue weighted by molar-refractivity contribution is -0.385. The van der Waals surface area contributed by atoms with Crippen molar-refractivity contribution in [3.63, 3.8) is 0 Å². The second-order valence-electron chi connectivity index (χ2n) is 6.65. The van der Waals surface area contributed by atoms with Crippen LogP contribution in [0.15, 0.2) is 57.5 Å². The zero-order valence-electron chi connectivity index (χ0n) is 16.7. The Bertz CT molecular complexity index is 1380. The van der Waals surface area contributed by atoms with Crippen molar-refractivity contribution in [3.8, 4) is 12.3 Å². The van der Waals surface area contributed by atoms with E-state index in [9.17, 15) is 15.4 Å². The first-order valence-electron chi connectivity index (χ1n) is 9.29. The number of nitro groups is 1. The van der Waals surface area contributed by atoms with Gasteiger partial charge in [-0.1, -0.05) is 17.8 Å². The highest BCUT2D eigenvalue weighted by molar-refractivity contribution is 7.99. The lowest BCUT2D eigenvalue weighted by Gasteiger charge is -2.27. The normalized spacial score (nSPS) is 14.1. The van der Waals surface area contributed by atoms with Crippen molar-refractivity contribution in [2.24, 2.45) is 4.99 Å². The lowest BCUT2D eigenvalue weighted by atomic mass is 9.94. The van der Waals surface area contributed by atoms with Gasteiger partial charge in [0, 0.05) is 34.4 Å². The zero-order chi connectivity index (χ0) is 23.5. The fourth-order valence-electron chi connectivity index (χ4n) is 3.28. The third-order valence-corrected chi connectivity index (χ3v) is 5.75. The Morgan fingerprint density at radius 1 is 1.24 bits per heavy atom. The maximum atomic E-state index is 11.5. The SMILES string of the molecule is N#CNC1=NC(c2cc([N+](=O)[O-])ccc2Sc2ccccn2)c2c(nc(N)c(C#N)c2N)N1. The number of nitro benzene ring substituents is 1. The van der Waals surface area contributed by atoms with E-state index in [-0.39, 0.29) is 34.5 Å². The van der Waals surface area contributed by atoms with Gasteiger partial charge in [0.25, 0.3) is 5.69 Å². The second-order valence-corrected chi connectivity index (χ2v) is 7.71. The van der Waals surface area contributed by atoms with Crippen LogP contribution < -0.4 is 22.1 Å². The molecule has 0 spiro atoms. The number of nitrogens with one attached hydrogen (secondary N) is 2. The summed E-state index contributed by atoms with van der Waals surface area (Å²) in [5.41, 5.74) is 12.7. The highest BCUT2D eigenvalue weighted by atomic mass is 32.2. The Morgan fingerprint density at radius 2 is 2.06 bits per heavy atom. The molecule has 6 N–H and O–H groups in total. The average Bonchev–Trinajstić information content (AvgIpc) is 2.79. The molecule has 0 saturated heterocycles. The number of hydrogen-bond donors (Lipinski definition) is 4. The van der Waals surface area contributed by atoms with Gasteiger partial charge in [-0.2, -0.15) is 10.5 Å². The van der Waals surface area contributed by atoms with E-state index in [1.54, 1.807) is 30.6 Å². The fraction of sp³-hybridized carbons (Fsp3) is 0.0500. The maximum absolute atomic E-state index is 11.5. The number of pyridine rings is 2. The summed E-state index contributed by atoms with van der Waals surface area (Å²) in [6.07, 6.45) is 3.40. The van der Waals surface area contributed by atoms with Crippen molar-refractivity contribution in [2.45, 2.75) is 16.0 Å². The Balaban J connectivity index is 1.97. The van der Waals surface area contributed by atoms with Crippen LogP contribution in [0.5, 0.6) is 0 Å². The molecule has 0 radical (unpaired) electrons. The van der Waals surface area contributed by atoms with E-state index < -0.39 is 11.0 Å². The molecule has 3 heterocycles. The summed E-state index contributed by atoms with van der Waals surface area (Å²) in [6, 6.07) is 10.7. The number of benzene rings is 1. The van der Waals surface area contributed by atoms with Gasteiger partial charge >= 0.3 is 0 Å². The lowest BCUT2D eigenvalue weighted by Crippen LogP contribution is -2.33. The molecule has 33 heavy (non-hydrogen) atoms. The molecule has 0 fully saturated rings. The minimum absolute atomic E-state index is 0.0307. The first kappa shape index (κ1) is 21.4. The molecule has 2 aromatic heterocycles. The van der Waals surface area contributed by atoms with E-state index >= 15 is 0 Å². The maximum Gasteiger partial charge on any atom is 0.269 e.